The number of rotatable bonds is 5. The van der Waals surface area contributed by atoms with Crippen molar-refractivity contribution in [2.24, 2.45) is 7.05 Å². The zero-order valence-corrected chi connectivity index (χ0v) is 23.0. The van der Waals surface area contributed by atoms with Gasteiger partial charge in [0.15, 0.2) is 5.65 Å². The number of carbonyl (C=O) groups excluding carboxylic acids is 1. The van der Waals surface area contributed by atoms with Gasteiger partial charge < -0.3 is 14.0 Å². The van der Waals surface area contributed by atoms with E-state index in [2.05, 4.69) is 4.98 Å². The van der Waals surface area contributed by atoms with Crippen molar-refractivity contribution in [1.29, 1.82) is 0 Å². The number of fused-ring (bicyclic) bond motifs is 2. The minimum absolute atomic E-state index is 0.115. The van der Waals surface area contributed by atoms with Crippen LogP contribution in [0.2, 0.25) is 0 Å². The number of aryl methyl sites for hydroxylation is 2. The van der Waals surface area contributed by atoms with Crippen LogP contribution < -0.4 is 4.74 Å². The summed E-state index contributed by atoms with van der Waals surface area (Å²) >= 11 is 0. The van der Waals surface area contributed by atoms with Crippen LogP contribution in [-0.2, 0) is 21.8 Å². The van der Waals surface area contributed by atoms with E-state index < -0.39 is 21.6 Å². The third kappa shape index (κ3) is 4.32. The minimum atomic E-state index is -4.11. The van der Waals surface area contributed by atoms with Gasteiger partial charge in [0.1, 0.15) is 11.4 Å². The maximum Gasteiger partial charge on any atom is 0.339 e. The fourth-order valence-corrected chi connectivity index (χ4v) is 6.01. The summed E-state index contributed by atoms with van der Waals surface area (Å²) in [5.41, 5.74) is 2.52. The van der Waals surface area contributed by atoms with E-state index >= 15 is 0 Å². The first-order chi connectivity index (χ1) is 17.9. The number of benzene rings is 2. The lowest BCUT2D eigenvalue weighted by Gasteiger charge is -2.19. The van der Waals surface area contributed by atoms with Gasteiger partial charge in [-0.25, -0.2) is 22.2 Å². The molecule has 0 amide bonds. The van der Waals surface area contributed by atoms with Crippen molar-refractivity contribution >= 4 is 37.9 Å². The molecule has 0 fully saturated rings. The normalized spacial score (nSPS) is 12.3. The summed E-state index contributed by atoms with van der Waals surface area (Å²) in [6.07, 6.45) is 3.30. The van der Waals surface area contributed by atoms with E-state index in [0.717, 1.165) is 16.5 Å². The highest BCUT2D eigenvalue weighted by Gasteiger charge is 2.29. The summed E-state index contributed by atoms with van der Waals surface area (Å²) in [5, 5.41) is 1.18. The number of aromatic nitrogens is 3. The van der Waals surface area contributed by atoms with Crippen molar-refractivity contribution in [2.75, 3.05) is 7.11 Å². The van der Waals surface area contributed by atoms with Gasteiger partial charge in [0.05, 0.1) is 23.3 Å². The quantitative estimate of drug-likeness (QED) is 0.270. The zero-order valence-electron chi connectivity index (χ0n) is 22.1. The summed E-state index contributed by atoms with van der Waals surface area (Å²) in [6.45, 7) is 7.24. The van der Waals surface area contributed by atoms with Crippen LogP contribution in [0.3, 0.4) is 0 Å². The van der Waals surface area contributed by atoms with Gasteiger partial charge in [0.25, 0.3) is 10.0 Å². The summed E-state index contributed by atoms with van der Waals surface area (Å²) in [5.74, 6) is 0.0856. The smallest absolute Gasteiger partial charge is 0.339 e. The van der Waals surface area contributed by atoms with Gasteiger partial charge in [-0.3, -0.25) is 0 Å². The van der Waals surface area contributed by atoms with Gasteiger partial charge in [0.2, 0.25) is 0 Å². The number of hydrogen-bond donors (Lipinski definition) is 0. The van der Waals surface area contributed by atoms with Crippen molar-refractivity contribution in [1.82, 2.24) is 13.5 Å². The molecule has 0 radical (unpaired) electrons. The molecule has 0 unspecified atom stereocenters. The number of methoxy groups -OCH3 is 1. The van der Waals surface area contributed by atoms with Crippen molar-refractivity contribution < 1.29 is 22.7 Å². The monoisotopic (exact) mass is 531 g/mol. The number of esters is 1. The molecule has 0 saturated carbocycles. The van der Waals surface area contributed by atoms with Gasteiger partial charge in [-0.2, -0.15) is 0 Å². The SMILES string of the molecule is COc1ccc2c(c1)c(-c1cc3c(C(=O)OC(C)(C)C)ccnc3n1S(=O)(=O)c1ccc(C)cc1)cn2C. The third-order valence-electron chi connectivity index (χ3n) is 6.31. The van der Waals surface area contributed by atoms with E-state index in [0.29, 0.717) is 22.4 Å². The van der Waals surface area contributed by atoms with Gasteiger partial charge in [-0.1, -0.05) is 17.7 Å². The molecule has 38 heavy (non-hydrogen) atoms. The predicted molar refractivity (Wildman–Crippen MR) is 147 cm³/mol. The van der Waals surface area contributed by atoms with Crippen molar-refractivity contribution in [3.8, 4) is 17.0 Å². The van der Waals surface area contributed by atoms with E-state index in [1.807, 2.05) is 42.9 Å². The average molecular weight is 532 g/mol. The first-order valence-electron chi connectivity index (χ1n) is 12.1. The van der Waals surface area contributed by atoms with Crippen LogP contribution in [0.4, 0.5) is 0 Å². The highest BCUT2D eigenvalue weighted by atomic mass is 32.2. The Morgan fingerprint density at radius 2 is 1.68 bits per heavy atom. The van der Waals surface area contributed by atoms with Crippen molar-refractivity contribution in [3.05, 3.63) is 78.1 Å². The second-order valence-corrected chi connectivity index (χ2v) is 12.0. The summed E-state index contributed by atoms with van der Waals surface area (Å²) < 4.78 is 42.5. The van der Waals surface area contributed by atoms with E-state index in [1.165, 1.54) is 10.2 Å². The molecule has 8 nitrogen and oxygen atoms in total. The van der Waals surface area contributed by atoms with Crippen LogP contribution in [0.15, 0.2) is 71.9 Å². The molecule has 0 aliphatic rings. The molecule has 3 aromatic heterocycles. The summed E-state index contributed by atoms with van der Waals surface area (Å²) in [6, 6.07) is 15.5. The number of pyridine rings is 1. The van der Waals surface area contributed by atoms with Crippen LogP contribution in [0, 0.1) is 6.92 Å². The molecular weight excluding hydrogens is 502 g/mol. The van der Waals surface area contributed by atoms with Crippen LogP contribution in [0.1, 0.15) is 36.7 Å². The lowest BCUT2D eigenvalue weighted by Crippen LogP contribution is -2.24. The van der Waals surface area contributed by atoms with Crippen LogP contribution in [0.5, 0.6) is 5.75 Å². The molecule has 0 aliphatic carbocycles. The maximum atomic E-state index is 14.2. The molecule has 0 atom stereocenters. The van der Waals surface area contributed by atoms with Crippen LogP contribution in [0.25, 0.3) is 33.2 Å². The molecular formula is C29H29N3O5S. The van der Waals surface area contributed by atoms with E-state index in [1.54, 1.807) is 64.3 Å². The van der Waals surface area contributed by atoms with Gasteiger partial charge in [0, 0.05) is 41.3 Å². The molecule has 0 spiro atoms. The first-order valence-corrected chi connectivity index (χ1v) is 13.5. The van der Waals surface area contributed by atoms with Gasteiger partial charge in [-0.15, -0.1) is 0 Å². The Kier molecular flexibility index (Phi) is 6.06. The average Bonchev–Trinajstić information content (AvgIpc) is 3.41. The Morgan fingerprint density at radius 3 is 2.34 bits per heavy atom. The topological polar surface area (TPSA) is 92.4 Å². The minimum Gasteiger partial charge on any atom is -0.497 e. The molecule has 5 rings (SSSR count). The van der Waals surface area contributed by atoms with E-state index in [4.69, 9.17) is 9.47 Å². The molecule has 5 aromatic rings. The third-order valence-corrected chi connectivity index (χ3v) is 8.03. The Balaban J connectivity index is 1.87. The fourth-order valence-electron chi connectivity index (χ4n) is 4.54. The predicted octanol–water partition coefficient (Wildman–Crippen LogP) is 5.70. The maximum absolute atomic E-state index is 14.2. The zero-order chi connectivity index (χ0) is 27.4. The van der Waals surface area contributed by atoms with E-state index in [-0.39, 0.29) is 16.1 Å². The highest BCUT2D eigenvalue weighted by molar-refractivity contribution is 7.90. The Hall–Kier alpha value is -4.11. The molecule has 2 aromatic carbocycles. The van der Waals surface area contributed by atoms with Crippen LogP contribution in [-0.4, -0.2) is 40.6 Å². The second kappa shape index (κ2) is 9.02. The number of carbonyl (C=O) groups is 1. The van der Waals surface area contributed by atoms with Crippen molar-refractivity contribution in [2.45, 2.75) is 38.2 Å². The number of hydrogen-bond acceptors (Lipinski definition) is 6. The lowest BCUT2D eigenvalue weighted by molar-refractivity contribution is 0.00717. The lowest BCUT2D eigenvalue weighted by atomic mass is 10.1. The molecule has 3 heterocycles. The molecule has 196 valence electrons. The summed E-state index contributed by atoms with van der Waals surface area (Å²) in [7, 11) is -0.633. The molecule has 0 aliphatic heterocycles. The summed E-state index contributed by atoms with van der Waals surface area (Å²) in [4.78, 5) is 17.7. The Morgan fingerprint density at radius 1 is 0.974 bits per heavy atom. The van der Waals surface area contributed by atoms with Crippen LogP contribution >= 0.6 is 0 Å². The standard InChI is InChI=1S/C29H29N3O5S/c1-18-7-10-20(11-8-18)38(34,35)32-26(24-17-31(5)25-12-9-19(36-6)15-22(24)25)16-23-21(13-14-30-27(23)32)28(33)37-29(2,3)4/h7-17H,1-6H3. The molecule has 0 N–H and O–H groups in total. The van der Waals surface area contributed by atoms with Gasteiger partial charge >= 0.3 is 5.97 Å². The Bertz CT molecular complexity index is 1810. The second-order valence-electron chi connectivity index (χ2n) is 10.2. The van der Waals surface area contributed by atoms with Gasteiger partial charge in [-0.05, 0) is 70.2 Å². The number of ether oxygens (including phenoxy) is 2. The number of nitrogens with zero attached hydrogens (tertiary/aromatic N) is 3. The highest BCUT2D eigenvalue weighted by Crippen LogP contribution is 2.38. The fraction of sp³-hybridized carbons (Fsp3) is 0.241. The largest absolute Gasteiger partial charge is 0.497 e. The Labute approximate surface area is 221 Å². The first kappa shape index (κ1) is 25.5. The molecule has 0 bridgehead atoms. The van der Waals surface area contributed by atoms with Crippen molar-refractivity contribution in [3.63, 3.8) is 0 Å². The molecule has 9 heteroatoms. The molecule has 0 saturated heterocycles. The van der Waals surface area contributed by atoms with E-state index in [9.17, 15) is 13.2 Å².